The number of hydrogen-bond acceptors (Lipinski definition) is 2. The molecular formula is C14H22O2. The highest BCUT2D eigenvalue weighted by Gasteiger charge is 2.66. The van der Waals surface area contributed by atoms with Crippen LogP contribution in [0, 0.1) is 11.3 Å². The standard InChI is InChI=1S/C14H22O2/c1-3-10-5-4-8-13(2)9-11-6-7-12(15)14(10,13)16-11/h10-11H,3-9H2,1-2H3/t10-,11+,13-,14+/m0/s1. The Morgan fingerprint density at radius 1 is 1.44 bits per heavy atom. The van der Waals surface area contributed by atoms with Gasteiger partial charge >= 0.3 is 0 Å². The molecule has 2 nitrogen and oxygen atoms in total. The van der Waals surface area contributed by atoms with Gasteiger partial charge in [-0.05, 0) is 31.6 Å². The zero-order valence-corrected chi connectivity index (χ0v) is 10.4. The van der Waals surface area contributed by atoms with E-state index in [2.05, 4.69) is 13.8 Å². The normalized spacial score (nSPS) is 51.5. The third-order valence-electron chi connectivity index (χ3n) is 5.38. The van der Waals surface area contributed by atoms with Crippen molar-refractivity contribution < 1.29 is 9.53 Å². The molecule has 0 N–H and O–H groups in total. The molecule has 90 valence electrons. The molecule has 2 heterocycles. The molecule has 1 saturated carbocycles. The lowest BCUT2D eigenvalue weighted by atomic mass is 9.57. The number of ketones is 1. The van der Waals surface area contributed by atoms with Crippen LogP contribution in [0.25, 0.3) is 0 Å². The minimum Gasteiger partial charge on any atom is -0.363 e. The molecule has 4 atom stereocenters. The lowest BCUT2D eigenvalue weighted by Gasteiger charge is -2.50. The highest BCUT2D eigenvalue weighted by molar-refractivity contribution is 5.90. The maximum absolute atomic E-state index is 12.5. The Hall–Kier alpha value is -0.370. The fourth-order valence-electron chi connectivity index (χ4n) is 4.68. The van der Waals surface area contributed by atoms with Gasteiger partial charge in [-0.15, -0.1) is 0 Å². The molecule has 3 rings (SSSR count). The number of ether oxygens (including phenoxy) is 1. The third-order valence-corrected chi connectivity index (χ3v) is 5.38. The van der Waals surface area contributed by atoms with Crippen molar-refractivity contribution in [3.63, 3.8) is 0 Å². The average Bonchev–Trinajstić information content (AvgIpc) is 2.53. The van der Waals surface area contributed by atoms with Gasteiger partial charge in [0, 0.05) is 11.8 Å². The van der Waals surface area contributed by atoms with Gasteiger partial charge in [0.2, 0.25) is 0 Å². The molecule has 0 amide bonds. The van der Waals surface area contributed by atoms with E-state index < -0.39 is 0 Å². The summed E-state index contributed by atoms with van der Waals surface area (Å²) in [5, 5.41) is 0. The van der Waals surface area contributed by atoms with Crippen molar-refractivity contribution in [2.75, 3.05) is 0 Å². The summed E-state index contributed by atoms with van der Waals surface area (Å²) in [5.74, 6) is 0.888. The van der Waals surface area contributed by atoms with Gasteiger partial charge in [-0.25, -0.2) is 0 Å². The largest absolute Gasteiger partial charge is 0.363 e. The van der Waals surface area contributed by atoms with E-state index in [9.17, 15) is 4.79 Å². The summed E-state index contributed by atoms with van der Waals surface area (Å²) in [6, 6.07) is 0. The predicted molar refractivity (Wildman–Crippen MR) is 62.2 cm³/mol. The van der Waals surface area contributed by atoms with E-state index in [0.29, 0.717) is 17.8 Å². The van der Waals surface area contributed by atoms with Crippen LogP contribution in [0.4, 0.5) is 0 Å². The zero-order chi connectivity index (χ0) is 11.4. The maximum Gasteiger partial charge on any atom is 0.165 e. The number of fused-ring (bicyclic) bond motifs is 1. The molecule has 2 bridgehead atoms. The van der Waals surface area contributed by atoms with Crippen LogP contribution in [0.15, 0.2) is 0 Å². The fourth-order valence-corrected chi connectivity index (χ4v) is 4.68. The summed E-state index contributed by atoms with van der Waals surface area (Å²) in [6.07, 6.45) is 7.96. The van der Waals surface area contributed by atoms with Crippen molar-refractivity contribution in [1.29, 1.82) is 0 Å². The first kappa shape index (κ1) is 10.8. The van der Waals surface area contributed by atoms with E-state index >= 15 is 0 Å². The smallest absolute Gasteiger partial charge is 0.165 e. The predicted octanol–water partition coefficient (Wildman–Crippen LogP) is 3.09. The third kappa shape index (κ3) is 1.09. The second kappa shape index (κ2) is 3.32. The number of carbonyl (C=O) groups is 1. The summed E-state index contributed by atoms with van der Waals surface area (Å²) in [7, 11) is 0. The van der Waals surface area contributed by atoms with Crippen LogP contribution in [0.2, 0.25) is 0 Å². The lowest BCUT2D eigenvalue weighted by Crippen LogP contribution is -2.58. The van der Waals surface area contributed by atoms with Gasteiger partial charge in [0.1, 0.15) is 5.60 Å². The summed E-state index contributed by atoms with van der Waals surface area (Å²) >= 11 is 0. The first-order chi connectivity index (χ1) is 7.62. The molecular weight excluding hydrogens is 200 g/mol. The Balaban J connectivity index is 2.08. The number of rotatable bonds is 1. The van der Waals surface area contributed by atoms with E-state index in [1.165, 1.54) is 19.3 Å². The van der Waals surface area contributed by atoms with Crippen LogP contribution in [0.1, 0.15) is 58.8 Å². The average molecular weight is 222 g/mol. The van der Waals surface area contributed by atoms with Crippen LogP contribution >= 0.6 is 0 Å². The molecule has 3 fully saturated rings. The quantitative estimate of drug-likeness (QED) is 0.681. The monoisotopic (exact) mass is 222 g/mol. The highest BCUT2D eigenvalue weighted by Crippen LogP contribution is 2.61. The number of carbonyl (C=O) groups excluding carboxylic acids is 1. The summed E-state index contributed by atoms with van der Waals surface area (Å²) < 4.78 is 6.26. The van der Waals surface area contributed by atoms with E-state index in [4.69, 9.17) is 4.74 Å². The Bertz CT molecular complexity index is 325. The Morgan fingerprint density at radius 3 is 3.00 bits per heavy atom. The first-order valence-corrected chi connectivity index (χ1v) is 6.83. The van der Waals surface area contributed by atoms with Crippen LogP contribution in [-0.4, -0.2) is 17.5 Å². The molecule has 2 saturated heterocycles. The van der Waals surface area contributed by atoms with Crippen LogP contribution in [0.3, 0.4) is 0 Å². The highest BCUT2D eigenvalue weighted by atomic mass is 16.5. The topological polar surface area (TPSA) is 26.3 Å². The second-order valence-corrected chi connectivity index (χ2v) is 6.20. The van der Waals surface area contributed by atoms with E-state index in [0.717, 1.165) is 25.7 Å². The Morgan fingerprint density at radius 2 is 2.25 bits per heavy atom. The van der Waals surface area contributed by atoms with E-state index in [1.807, 2.05) is 0 Å². The van der Waals surface area contributed by atoms with Gasteiger partial charge < -0.3 is 4.74 Å². The second-order valence-electron chi connectivity index (χ2n) is 6.20. The minimum atomic E-state index is -0.386. The molecule has 0 unspecified atom stereocenters. The summed E-state index contributed by atoms with van der Waals surface area (Å²) in [5.41, 5.74) is -0.243. The van der Waals surface area contributed by atoms with E-state index in [1.54, 1.807) is 0 Å². The van der Waals surface area contributed by atoms with Crippen LogP contribution in [0.5, 0.6) is 0 Å². The summed E-state index contributed by atoms with van der Waals surface area (Å²) in [4.78, 5) is 12.5. The molecule has 0 aromatic carbocycles. The minimum absolute atomic E-state index is 0.143. The molecule has 2 heteroatoms. The molecule has 0 aromatic rings. The first-order valence-electron chi connectivity index (χ1n) is 6.83. The van der Waals surface area contributed by atoms with Gasteiger partial charge in [-0.2, -0.15) is 0 Å². The Kier molecular flexibility index (Phi) is 2.23. The lowest BCUT2D eigenvalue weighted by molar-refractivity contribution is -0.182. The summed E-state index contributed by atoms with van der Waals surface area (Å²) in [6.45, 7) is 4.52. The number of hydrogen-bond donors (Lipinski definition) is 0. The Labute approximate surface area is 97.7 Å². The molecule has 0 radical (unpaired) electrons. The SMILES string of the molecule is CC[C@H]1CCC[C@@]2(C)C[C@H]3CCC(=O)[C@]12O3. The molecule has 1 aliphatic carbocycles. The van der Waals surface area contributed by atoms with Crippen LogP contribution < -0.4 is 0 Å². The van der Waals surface area contributed by atoms with Crippen molar-refractivity contribution in [2.24, 2.45) is 11.3 Å². The fraction of sp³-hybridized carbons (Fsp3) is 0.929. The maximum atomic E-state index is 12.5. The van der Waals surface area contributed by atoms with Crippen molar-refractivity contribution in [2.45, 2.75) is 70.5 Å². The van der Waals surface area contributed by atoms with Gasteiger partial charge in [-0.3, -0.25) is 4.79 Å². The van der Waals surface area contributed by atoms with Gasteiger partial charge in [-0.1, -0.05) is 26.7 Å². The van der Waals surface area contributed by atoms with Gasteiger partial charge in [0.05, 0.1) is 6.10 Å². The van der Waals surface area contributed by atoms with Gasteiger partial charge in [0.15, 0.2) is 5.78 Å². The van der Waals surface area contributed by atoms with E-state index in [-0.39, 0.29) is 11.0 Å². The zero-order valence-electron chi connectivity index (χ0n) is 10.4. The molecule has 0 aromatic heterocycles. The molecule has 2 aliphatic heterocycles. The van der Waals surface area contributed by atoms with Crippen LogP contribution in [-0.2, 0) is 9.53 Å². The molecule has 3 aliphatic rings. The van der Waals surface area contributed by atoms with Crippen molar-refractivity contribution in [3.05, 3.63) is 0 Å². The number of Topliss-reactive ketones (excluding diaryl/α,β-unsaturated/α-hetero) is 1. The van der Waals surface area contributed by atoms with Crippen molar-refractivity contribution in [3.8, 4) is 0 Å². The van der Waals surface area contributed by atoms with Crippen molar-refractivity contribution in [1.82, 2.24) is 0 Å². The van der Waals surface area contributed by atoms with Gasteiger partial charge in [0.25, 0.3) is 0 Å². The van der Waals surface area contributed by atoms with Crippen molar-refractivity contribution >= 4 is 5.78 Å². The molecule has 16 heavy (non-hydrogen) atoms. The molecule has 1 spiro atoms.